The molecule has 0 saturated carbocycles. The van der Waals surface area contributed by atoms with Crippen LogP contribution < -0.4 is 5.32 Å². The number of hydrogen-bond acceptors (Lipinski definition) is 5. The number of sulfonamides is 1. The number of ether oxygens (including phenoxy) is 1. The largest absolute Gasteiger partial charge is 0.455 e. The topological polar surface area (TPSA) is 92.8 Å². The minimum Gasteiger partial charge on any atom is -0.455 e. The van der Waals surface area contributed by atoms with E-state index in [-0.39, 0.29) is 11.3 Å². The SMILES string of the molecule is O=C(COC(=O)Cc1ccc(Br)cc1)Nc1ccc(S(=O)(=O)N2CCCC2)cc1. The number of esters is 1. The third-order valence-corrected chi connectivity index (χ3v) is 6.91. The molecule has 2 aromatic rings. The van der Waals surface area contributed by atoms with E-state index in [2.05, 4.69) is 21.2 Å². The molecule has 1 fully saturated rings. The third-order valence-electron chi connectivity index (χ3n) is 4.47. The van der Waals surface area contributed by atoms with Gasteiger partial charge in [-0.2, -0.15) is 4.31 Å². The quantitative estimate of drug-likeness (QED) is 0.614. The number of carbonyl (C=O) groups excluding carboxylic acids is 2. The maximum atomic E-state index is 12.5. The highest BCUT2D eigenvalue weighted by Gasteiger charge is 2.26. The van der Waals surface area contributed by atoms with Crippen LogP contribution in [0.15, 0.2) is 57.9 Å². The van der Waals surface area contributed by atoms with E-state index in [1.165, 1.54) is 28.6 Å². The molecule has 0 aliphatic carbocycles. The van der Waals surface area contributed by atoms with Crippen LogP contribution in [0.5, 0.6) is 0 Å². The summed E-state index contributed by atoms with van der Waals surface area (Å²) in [5, 5.41) is 2.59. The number of anilines is 1. The minimum absolute atomic E-state index is 0.0730. The molecule has 0 bridgehead atoms. The van der Waals surface area contributed by atoms with Crippen molar-refractivity contribution in [1.82, 2.24) is 4.31 Å². The van der Waals surface area contributed by atoms with E-state index in [4.69, 9.17) is 4.74 Å². The monoisotopic (exact) mass is 480 g/mol. The Bertz CT molecular complexity index is 969. The summed E-state index contributed by atoms with van der Waals surface area (Å²) < 4.78 is 32.3. The van der Waals surface area contributed by atoms with Crippen molar-refractivity contribution >= 4 is 43.5 Å². The number of rotatable bonds is 7. The fourth-order valence-electron chi connectivity index (χ4n) is 2.95. The first-order valence-corrected chi connectivity index (χ1v) is 11.4. The molecule has 1 amide bonds. The Hall–Kier alpha value is -2.23. The summed E-state index contributed by atoms with van der Waals surface area (Å²) in [5.74, 6) is -1.00. The van der Waals surface area contributed by atoms with E-state index < -0.39 is 28.5 Å². The lowest BCUT2D eigenvalue weighted by Crippen LogP contribution is -2.27. The molecular formula is C20H21BrN2O5S. The van der Waals surface area contributed by atoms with Crippen LogP contribution >= 0.6 is 15.9 Å². The molecule has 1 aliphatic heterocycles. The summed E-state index contributed by atoms with van der Waals surface area (Å²) >= 11 is 3.32. The molecule has 9 heteroatoms. The highest BCUT2D eigenvalue weighted by atomic mass is 79.9. The normalized spacial score (nSPS) is 14.5. The average Bonchev–Trinajstić information content (AvgIpc) is 3.24. The summed E-state index contributed by atoms with van der Waals surface area (Å²) in [7, 11) is -3.49. The maximum Gasteiger partial charge on any atom is 0.310 e. The average molecular weight is 481 g/mol. The van der Waals surface area contributed by atoms with Crippen molar-refractivity contribution in [2.45, 2.75) is 24.2 Å². The Morgan fingerprint density at radius 3 is 2.24 bits per heavy atom. The van der Waals surface area contributed by atoms with E-state index >= 15 is 0 Å². The molecule has 0 unspecified atom stereocenters. The lowest BCUT2D eigenvalue weighted by Gasteiger charge is -2.15. The fourth-order valence-corrected chi connectivity index (χ4v) is 4.73. The third kappa shape index (κ3) is 5.88. The van der Waals surface area contributed by atoms with Gasteiger partial charge in [-0.25, -0.2) is 8.42 Å². The molecule has 3 rings (SSSR count). The Morgan fingerprint density at radius 2 is 1.62 bits per heavy atom. The van der Waals surface area contributed by atoms with Gasteiger partial charge in [0.25, 0.3) is 5.91 Å². The minimum atomic E-state index is -3.49. The maximum absolute atomic E-state index is 12.5. The second-order valence-electron chi connectivity index (χ2n) is 6.65. The molecule has 1 heterocycles. The van der Waals surface area contributed by atoms with Gasteiger partial charge in [0, 0.05) is 23.2 Å². The van der Waals surface area contributed by atoms with E-state index in [0.29, 0.717) is 18.8 Å². The van der Waals surface area contributed by atoms with Gasteiger partial charge in [-0.1, -0.05) is 28.1 Å². The van der Waals surface area contributed by atoms with Crippen LogP contribution in [0.4, 0.5) is 5.69 Å². The van der Waals surface area contributed by atoms with Crippen molar-refractivity contribution in [2.24, 2.45) is 0 Å². The van der Waals surface area contributed by atoms with Crippen LogP contribution in [-0.4, -0.2) is 44.3 Å². The molecule has 0 spiro atoms. The van der Waals surface area contributed by atoms with E-state index in [0.717, 1.165) is 22.9 Å². The summed E-state index contributed by atoms with van der Waals surface area (Å²) in [6, 6.07) is 13.2. The van der Waals surface area contributed by atoms with Gasteiger partial charge in [0.1, 0.15) is 0 Å². The van der Waals surface area contributed by atoms with E-state index in [1.807, 2.05) is 12.1 Å². The molecule has 0 radical (unpaired) electrons. The molecule has 0 aromatic heterocycles. The van der Waals surface area contributed by atoms with Crippen LogP contribution in [0.25, 0.3) is 0 Å². The standard InChI is InChI=1S/C20H21BrN2O5S/c21-16-5-3-15(4-6-16)13-20(25)28-14-19(24)22-17-7-9-18(10-8-17)29(26,27)23-11-1-2-12-23/h3-10H,1-2,11-14H2,(H,22,24). The predicted octanol–water partition coefficient (Wildman–Crippen LogP) is 2.96. The highest BCUT2D eigenvalue weighted by Crippen LogP contribution is 2.22. The number of carbonyl (C=O) groups is 2. The summed E-state index contributed by atoms with van der Waals surface area (Å²) in [4.78, 5) is 24.0. The van der Waals surface area contributed by atoms with Crippen LogP contribution in [-0.2, 0) is 30.8 Å². The second kappa shape index (κ2) is 9.51. The van der Waals surface area contributed by atoms with Gasteiger partial charge in [-0.3, -0.25) is 9.59 Å². The Morgan fingerprint density at radius 1 is 1.00 bits per heavy atom. The first kappa shape index (κ1) is 21.5. The molecule has 1 N–H and O–H groups in total. The zero-order valence-electron chi connectivity index (χ0n) is 15.6. The zero-order chi connectivity index (χ0) is 20.9. The molecule has 29 heavy (non-hydrogen) atoms. The molecule has 2 aromatic carbocycles. The molecule has 1 aliphatic rings. The number of amides is 1. The number of nitrogens with zero attached hydrogens (tertiary/aromatic N) is 1. The first-order chi connectivity index (χ1) is 13.8. The van der Waals surface area contributed by atoms with Gasteiger partial charge in [0.05, 0.1) is 11.3 Å². The molecule has 0 atom stereocenters. The van der Waals surface area contributed by atoms with Gasteiger partial charge in [-0.05, 0) is 54.8 Å². The van der Waals surface area contributed by atoms with Crippen molar-refractivity contribution in [3.05, 3.63) is 58.6 Å². The van der Waals surface area contributed by atoms with Gasteiger partial charge in [-0.15, -0.1) is 0 Å². The number of hydrogen-bond donors (Lipinski definition) is 1. The van der Waals surface area contributed by atoms with Gasteiger partial charge in [0.15, 0.2) is 6.61 Å². The van der Waals surface area contributed by atoms with Gasteiger partial charge >= 0.3 is 5.97 Å². The molecule has 7 nitrogen and oxygen atoms in total. The van der Waals surface area contributed by atoms with E-state index in [1.54, 1.807) is 12.1 Å². The lowest BCUT2D eigenvalue weighted by atomic mass is 10.2. The summed E-state index contributed by atoms with van der Waals surface area (Å²) in [6.45, 7) is 0.655. The molecular weight excluding hydrogens is 460 g/mol. The van der Waals surface area contributed by atoms with Crippen LogP contribution in [0.1, 0.15) is 18.4 Å². The number of halogens is 1. The molecule has 154 valence electrons. The zero-order valence-corrected chi connectivity index (χ0v) is 18.0. The van der Waals surface area contributed by atoms with Crippen molar-refractivity contribution < 1.29 is 22.7 Å². The van der Waals surface area contributed by atoms with Crippen molar-refractivity contribution in [3.8, 4) is 0 Å². The van der Waals surface area contributed by atoms with Crippen molar-refractivity contribution in [3.63, 3.8) is 0 Å². The Kier molecular flexibility index (Phi) is 7.05. The Balaban J connectivity index is 1.49. The fraction of sp³-hybridized carbons (Fsp3) is 0.300. The molecule has 1 saturated heterocycles. The van der Waals surface area contributed by atoms with E-state index in [9.17, 15) is 18.0 Å². The summed E-state index contributed by atoms with van der Waals surface area (Å²) in [5.41, 5.74) is 1.22. The van der Waals surface area contributed by atoms with Gasteiger partial charge < -0.3 is 10.1 Å². The van der Waals surface area contributed by atoms with Crippen LogP contribution in [0.2, 0.25) is 0 Å². The smallest absolute Gasteiger partial charge is 0.310 e. The predicted molar refractivity (Wildman–Crippen MR) is 112 cm³/mol. The number of benzene rings is 2. The first-order valence-electron chi connectivity index (χ1n) is 9.15. The lowest BCUT2D eigenvalue weighted by molar-refractivity contribution is -0.146. The highest BCUT2D eigenvalue weighted by molar-refractivity contribution is 9.10. The van der Waals surface area contributed by atoms with Crippen molar-refractivity contribution in [1.29, 1.82) is 0 Å². The summed E-state index contributed by atoms with van der Waals surface area (Å²) in [6.07, 6.45) is 1.81. The van der Waals surface area contributed by atoms with Crippen LogP contribution in [0.3, 0.4) is 0 Å². The van der Waals surface area contributed by atoms with Gasteiger partial charge in [0.2, 0.25) is 10.0 Å². The Labute approximate surface area is 178 Å². The second-order valence-corrected chi connectivity index (χ2v) is 9.50. The number of nitrogens with one attached hydrogen (secondary N) is 1. The van der Waals surface area contributed by atoms with Crippen molar-refractivity contribution in [2.75, 3.05) is 25.0 Å². The van der Waals surface area contributed by atoms with Crippen LogP contribution in [0, 0.1) is 0 Å².